The molecule has 7 heteroatoms. The van der Waals surface area contributed by atoms with Gasteiger partial charge in [-0.1, -0.05) is 24.3 Å². The normalized spacial score (nSPS) is 18.2. The van der Waals surface area contributed by atoms with Crippen molar-refractivity contribution in [2.24, 2.45) is 0 Å². The maximum Gasteiger partial charge on any atom is 0.282 e. The average molecular weight is 364 g/mol. The first-order valence-electron chi connectivity index (χ1n) is 8.11. The summed E-state index contributed by atoms with van der Waals surface area (Å²) in [7, 11) is -1.97. The molecule has 3 rings (SSSR count). The number of hydrogen-bond acceptors (Lipinski definition) is 3. The van der Waals surface area contributed by atoms with Crippen LogP contribution in [0.5, 0.6) is 5.75 Å². The highest BCUT2D eigenvalue weighted by Gasteiger charge is 2.33. The van der Waals surface area contributed by atoms with Crippen molar-refractivity contribution < 1.29 is 17.5 Å². The fourth-order valence-electron chi connectivity index (χ4n) is 2.91. The van der Waals surface area contributed by atoms with Crippen LogP contribution in [0, 0.1) is 5.82 Å². The second-order valence-corrected chi connectivity index (χ2v) is 7.93. The van der Waals surface area contributed by atoms with Crippen LogP contribution in [0.3, 0.4) is 0 Å². The largest absolute Gasteiger partial charge is 0.497 e. The fourth-order valence-corrected chi connectivity index (χ4v) is 4.58. The molecule has 0 saturated carbocycles. The summed E-state index contributed by atoms with van der Waals surface area (Å²) in [5.74, 6) is 0.375. The van der Waals surface area contributed by atoms with E-state index in [9.17, 15) is 12.8 Å². The quantitative estimate of drug-likeness (QED) is 0.820. The summed E-state index contributed by atoms with van der Waals surface area (Å²) in [5.41, 5.74) is 1.65. The third kappa shape index (κ3) is 4.18. The van der Waals surface area contributed by atoms with Crippen LogP contribution in [0.2, 0.25) is 0 Å². The molecule has 0 bridgehead atoms. The smallest absolute Gasteiger partial charge is 0.282 e. The molecule has 5 nitrogen and oxygen atoms in total. The van der Waals surface area contributed by atoms with Crippen molar-refractivity contribution >= 4 is 10.2 Å². The number of halogens is 1. The Balaban J connectivity index is 1.75. The molecule has 0 N–H and O–H groups in total. The number of hydrogen-bond donors (Lipinski definition) is 0. The molecule has 2 aromatic rings. The van der Waals surface area contributed by atoms with E-state index in [1.165, 1.54) is 20.7 Å². The van der Waals surface area contributed by atoms with Crippen LogP contribution in [-0.4, -0.2) is 37.2 Å². The standard InChI is InChI=1S/C18H21FN2O3S/c1-24-18-5-2-4-16(12-18)14-21-11-3-10-20(25(21,22)23)13-15-6-8-17(19)9-7-15/h2,4-9,12H,3,10-11,13-14H2,1H3. The molecule has 1 fully saturated rings. The van der Waals surface area contributed by atoms with E-state index in [4.69, 9.17) is 4.74 Å². The third-order valence-electron chi connectivity index (χ3n) is 4.23. The Morgan fingerprint density at radius 2 is 1.64 bits per heavy atom. The number of ether oxygens (including phenoxy) is 1. The van der Waals surface area contributed by atoms with Crippen molar-refractivity contribution in [2.45, 2.75) is 19.5 Å². The van der Waals surface area contributed by atoms with Crippen molar-refractivity contribution in [3.63, 3.8) is 0 Å². The highest BCUT2D eigenvalue weighted by molar-refractivity contribution is 7.86. The minimum Gasteiger partial charge on any atom is -0.497 e. The minimum atomic E-state index is -3.56. The van der Waals surface area contributed by atoms with E-state index in [1.54, 1.807) is 19.2 Å². The highest BCUT2D eigenvalue weighted by atomic mass is 32.2. The van der Waals surface area contributed by atoms with Gasteiger partial charge in [-0.3, -0.25) is 0 Å². The molecular weight excluding hydrogens is 343 g/mol. The lowest BCUT2D eigenvalue weighted by molar-refractivity contribution is 0.275. The van der Waals surface area contributed by atoms with Crippen LogP contribution in [0.4, 0.5) is 4.39 Å². The van der Waals surface area contributed by atoms with E-state index in [2.05, 4.69) is 0 Å². The zero-order valence-electron chi connectivity index (χ0n) is 14.1. The molecule has 25 heavy (non-hydrogen) atoms. The molecule has 1 saturated heterocycles. The first-order valence-corrected chi connectivity index (χ1v) is 9.51. The summed E-state index contributed by atoms with van der Waals surface area (Å²) < 4.78 is 46.9. The van der Waals surface area contributed by atoms with Gasteiger partial charge < -0.3 is 4.74 Å². The molecule has 0 spiro atoms. The van der Waals surface area contributed by atoms with Crippen molar-refractivity contribution in [1.29, 1.82) is 0 Å². The monoisotopic (exact) mass is 364 g/mol. The molecule has 1 aliphatic rings. The van der Waals surface area contributed by atoms with Crippen LogP contribution in [-0.2, 0) is 23.3 Å². The molecule has 1 aliphatic heterocycles. The first-order chi connectivity index (χ1) is 12.0. The van der Waals surface area contributed by atoms with Gasteiger partial charge in [-0.15, -0.1) is 0 Å². The minimum absolute atomic E-state index is 0.247. The predicted octanol–water partition coefficient (Wildman–Crippen LogP) is 2.79. The predicted molar refractivity (Wildman–Crippen MR) is 93.8 cm³/mol. The molecule has 0 aromatic heterocycles. The maximum atomic E-state index is 13.0. The lowest BCUT2D eigenvalue weighted by Crippen LogP contribution is -2.48. The Kier molecular flexibility index (Phi) is 5.36. The van der Waals surface area contributed by atoms with E-state index >= 15 is 0 Å². The van der Waals surface area contributed by atoms with Gasteiger partial charge in [0, 0.05) is 26.2 Å². The van der Waals surface area contributed by atoms with Crippen molar-refractivity contribution in [3.8, 4) is 5.75 Å². The van der Waals surface area contributed by atoms with Crippen LogP contribution >= 0.6 is 0 Å². The second-order valence-electron chi connectivity index (χ2n) is 6.01. The first kappa shape index (κ1) is 17.8. The Labute approximate surface area is 147 Å². The molecule has 0 atom stereocenters. The van der Waals surface area contributed by atoms with Crippen molar-refractivity contribution in [3.05, 3.63) is 65.5 Å². The molecule has 134 valence electrons. The topological polar surface area (TPSA) is 49.9 Å². The molecule has 0 unspecified atom stereocenters. The number of rotatable bonds is 5. The van der Waals surface area contributed by atoms with Crippen molar-refractivity contribution in [2.75, 3.05) is 20.2 Å². The van der Waals surface area contributed by atoms with Gasteiger partial charge in [0.05, 0.1) is 7.11 Å². The summed E-state index contributed by atoms with van der Waals surface area (Å²) in [4.78, 5) is 0. The third-order valence-corrected chi connectivity index (χ3v) is 6.16. The van der Waals surface area contributed by atoms with Crippen LogP contribution in [0.15, 0.2) is 48.5 Å². The van der Waals surface area contributed by atoms with Gasteiger partial charge in [-0.05, 0) is 41.8 Å². The Morgan fingerprint density at radius 1 is 1.00 bits per heavy atom. The average Bonchev–Trinajstić information content (AvgIpc) is 2.60. The van der Waals surface area contributed by atoms with E-state index in [1.807, 2.05) is 24.3 Å². The van der Waals surface area contributed by atoms with E-state index in [0.717, 1.165) is 17.5 Å². The molecule has 0 aliphatic carbocycles. The maximum absolute atomic E-state index is 13.0. The van der Waals surface area contributed by atoms with Crippen LogP contribution in [0.25, 0.3) is 0 Å². The summed E-state index contributed by atoms with van der Waals surface area (Å²) in [6.45, 7) is 1.50. The summed E-state index contributed by atoms with van der Waals surface area (Å²) in [6, 6.07) is 13.3. The highest BCUT2D eigenvalue weighted by Crippen LogP contribution is 2.23. The van der Waals surface area contributed by atoms with Crippen LogP contribution < -0.4 is 4.74 Å². The zero-order valence-corrected chi connectivity index (χ0v) is 14.9. The van der Waals surface area contributed by atoms with Crippen LogP contribution in [0.1, 0.15) is 17.5 Å². The fraction of sp³-hybridized carbons (Fsp3) is 0.333. The Bertz CT molecular complexity index is 824. The van der Waals surface area contributed by atoms with Gasteiger partial charge in [-0.2, -0.15) is 17.0 Å². The zero-order chi connectivity index (χ0) is 17.9. The van der Waals surface area contributed by atoms with E-state index in [0.29, 0.717) is 25.4 Å². The summed E-state index contributed by atoms with van der Waals surface area (Å²) in [6.07, 6.45) is 0.754. The Morgan fingerprint density at radius 3 is 2.28 bits per heavy atom. The van der Waals surface area contributed by atoms with E-state index < -0.39 is 10.2 Å². The lowest BCUT2D eigenvalue weighted by Gasteiger charge is -2.34. The number of benzene rings is 2. The molecule has 2 aromatic carbocycles. The molecule has 0 amide bonds. The SMILES string of the molecule is COc1cccc(CN2CCCN(Cc3ccc(F)cc3)S2(=O)=O)c1. The van der Waals surface area contributed by atoms with E-state index in [-0.39, 0.29) is 12.4 Å². The lowest BCUT2D eigenvalue weighted by atomic mass is 10.2. The number of nitrogens with zero attached hydrogens (tertiary/aromatic N) is 2. The second kappa shape index (κ2) is 7.51. The van der Waals surface area contributed by atoms with Gasteiger partial charge in [-0.25, -0.2) is 4.39 Å². The Hall–Kier alpha value is -1.96. The molecule has 0 radical (unpaired) electrons. The van der Waals surface area contributed by atoms with Gasteiger partial charge in [0.2, 0.25) is 0 Å². The number of methoxy groups -OCH3 is 1. The van der Waals surface area contributed by atoms with Gasteiger partial charge in [0.15, 0.2) is 0 Å². The van der Waals surface area contributed by atoms with Gasteiger partial charge in [0.1, 0.15) is 11.6 Å². The molecular formula is C18H21FN2O3S. The van der Waals surface area contributed by atoms with Gasteiger partial charge >= 0.3 is 0 Å². The summed E-state index contributed by atoms with van der Waals surface area (Å²) in [5, 5.41) is 0. The van der Waals surface area contributed by atoms with Crippen molar-refractivity contribution in [1.82, 2.24) is 8.61 Å². The van der Waals surface area contributed by atoms with Gasteiger partial charge in [0.25, 0.3) is 10.2 Å². The molecule has 1 heterocycles. The summed E-state index contributed by atoms with van der Waals surface area (Å²) >= 11 is 0.